The van der Waals surface area contributed by atoms with Gasteiger partial charge in [0.05, 0.1) is 30.8 Å². The second kappa shape index (κ2) is 6.67. The molecule has 0 aromatic carbocycles. The first-order chi connectivity index (χ1) is 11.7. The lowest BCUT2D eigenvalue weighted by atomic mass is 9.84. The average molecular weight is 328 g/mol. The summed E-state index contributed by atoms with van der Waals surface area (Å²) in [6.07, 6.45) is 9.50. The molecule has 0 bridgehead atoms. The molecule has 0 radical (unpaired) electrons. The molecule has 5 nitrogen and oxygen atoms in total. The normalized spacial score (nSPS) is 23.3. The van der Waals surface area contributed by atoms with E-state index < -0.39 is 0 Å². The lowest BCUT2D eigenvalue weighted by molar-refractivity contribution is -0.200. The van der Waals surface area contributed by atoms with Crippen LogP contribution in [0, 0.1) is 6.92 Å². The van der Waals surface area contributed by atoms with E-state index in [9.17, 15) is 0 Å². The Labute approximate surface area is 142 Å². The van der Waals surface area contributed by atoms with Crippen molar-refractivity contribution in [2.75, 3.05) is 19.7 Å². The molecule has 4 heterocycles. The predicted molar refractivity (Wildman–Crippen MR) is 89.5 cm³/mol. The Morgan fingerprint density at radius 1 is 1.38 bits per heavy atom. The number of ether oxygens (including phenoxy) is 2. The molecule has 0 N–H and O–H groups in total. The zero-order chi connectivity index (χ0) is 16.4. The monoisotopic (exact) mass is 328 g/mol. The van der Waals surface area contributed by atoms with Crippen LogP contribution in [0.1, 0.15) is 29.5 Å². The van der Waals surface area contributed by atoms with Crippen molar-refractivity contribution in [3.05, 3.63) is 53.7 Å². The van der Waals surface area contributed by atoms with E-state index >= 15 is 0 Å². The average Bonchev–Trinajstić information content (AvgIpc) is 3.06. The van der Waals surface area contributed by atoms with Crippen molar-refractivity contribution in [2.45, 2.75) is 44.6 Å². The number of aromatic nitrogens is 1. The summed E-state index contributed by atoms with van der Waals surface area (Å²) in [5.74, 6) is 0. The fourth-order valence-electron chi connectivity index (χ4n) is 3.72. The molecule has 4 rings (SSSR count). The predicted octanol–water partition coefficient (Wildman–Crippen LogP) is 2.93. The van der Waals surface area contributed by atoms with E-state index in [4.69, 9.17) is 13.9 Å². The van der Waals surface area contributed by atoms with Crippen LogP contribution in [-0.4, -0.2) is 41.3 Å². The molecule has 2 saturated heterocycles. The van der Waals surface area contributed by atoms with E-state index in [1.807, 2.05) is 30.8 Å². The van der Waals surface area contributed by atoms with Gasteiger partial charge in [0.1, 0.15) is 0 Å². The van der Waals surface area contributed by atoms with Crippen molar-refractivity contribution >= 4 is 0 Å². The first kappa shape index (κ1) is 15.8. The molecule has 2 aromatic rings. The third-order valence-corrected chi connectivity index (χ3v) is 5.08. The highest BCUT2D eigenvalue weighted by molar-refractivity contribution is 5.20. The molecule has 1 unspecified atom stereocenters. The molecule has 0 aliphatic carbocycles. The first-order valence-corrected chi connectivity index (χ1v) is 8.61. The SMILES string of the molecule is Cc1ccncc1COC1CCOC2(C1)CN(Cc1ccoc1)C2. The summed E-state index contributed by atoms with van der Waals surface area (Å²) in [6, 6.07) is 4.05. The van der Waals surface area contributed by atoms with Crippen LogP contribution in [0.15, 0.2) is 41.5 Å². The summed E-state index contributed by atoms with van der Waals surface area (Å²) in [5.41, 5.74) is 3.62. The van der Waals surface area contributed by atoms with Crippen LogP contribution in [0.3, 0.4) is 0 Å². The van der Waals surface area contributed by atoms with Gasteiger partial charge in [0.2, 0.25) is 0 Å². The Kier molecular flexibility index (Phi) is 4.39. The van der Waals surface area contributed by atoms with Gasteiger partial charge in [0, 0.05) is 50.6 Å². The number of nitrogens with zero attached hydrogens (tertiary/aromatic N) is 2. The van der Waals surface area contributed by atoms with Gasteiger partial charge in [-0.3, -0.25) is 9.88 Å². The van der Waals surface area contributed by atoms with Crippen molar-refractivity contribution in [2.24, 2.45) is 0 Å². The molecule has 0 amide bonds. The molecule has 2 aliphatic heterocycles. The second-order valence-electron chi connectivity index (χ2n) is 7.04. The largest absolute Gasteiger partial charge is 0.472 e. The topological polar surface area (TPSA) is 47.7 Å². The highest BCUT2D eigenvalue weighted by atomic mass is 16.5. The highest BCUT2D eigenvalue weighted by Gasteiger charge is 2.47. The molecular weight excluding hydrogens is 304 g/mol. The first-order valence-electron chi connectivity index (χ1n) is 8.61. The summed E-state index contributed by atoms with van der Waals surface area (Å²) >= 11 is 0. The van der Waals surface area contributed by atoms with E-state index in [1.54, 1.807) is 6.26 Å². The summed E-state index contributed by atoms with van der Waals surface area (Å²) in [4.78, 5) is 6.59. The van der Waals surface area contributed by atoms with Gasteiger partial charge in [0.25, 0.3) is 0 Å². The van der Waals surface area contributed by atoms with Crippen molar-refractivity contribution in [1.29, 1.82) is 0 Å². The van der Waals surface area contributed by atoms with Gasteiger partial charge in [-0.05, 0) is 36.6 Å². The summed E-state index contributed by atoms with van der Waals surface area (Å²) in [6.45, 7) is 6.41. The highest BCUT2D eigenvalue weighted by Crippen LogP contribution is 2.36. The Morgan fingerprint density at radius 2 is 2.29 bits per heavy atom. The molecule has 0 saturated carbocycles. The lowest BCUT2D eigenvalue weighted by Gasteiger charge is -2.53. The Bertz CT molecular complexity index is 665. The number of rotatable bonds is 5. The van der Waals surface area contributed by atoms with Crippen LogP contribution in [0.2, 0.25) is 0 Å². The Hall–Kier alpha value is -1.69. The summed E-state index contributed by atoms with van der Waals surface area (Å²) < 4.78 is 17.4. The standard InChI is InChI=1S/C19H24N2O3/c1-15-2-5-20-9-17(15)12-23-18-4-7-24-19(8-18)13-21(14-19)10-16-3-6-22-11-16/h2-3,5-6,9,11,18H,4,7-8,10,12-14H2,1H3. The molecule has 1 spiro atoms. The van der Waals surface area contributed by atoms with Crippen molar-refractivity contribution in [1.82, 2.24) is 9.88 Å². The molecule has 24 heavy (non-hydrogen) atoms. The molecule has 2 fully saturated rings. The molecule has 5 heteroatoms. The summed E-state index contributed by atoms with van der Waals surface area (Å²) in [5, 5.41) is 0. The number of hydrogen-bond acceptors (Lipinski definition) is 5. The van der Waals surface area contributed by atoms with Crippen molar-refractivity contribution in [3.8, 4) is 0 Å². The van der Waals surface area contributed by atoms with E-state index in [-0.39, 0.29) is 11.7 Å². The van der Waals surface area contributed by atoms with Crippen molar-refractivity contribution in [3.63, 3.8) is 0 Å². The molecule has 2 aliphatic rings. The van der Waals surface area contributed by atoms with Crippen LogP contribution < -0.4 is 0 Å². The maximum atomic E-state index is 6.17. The van der Waals surface area contributed by atoms with Gasteiger partial charge in [-0.2, -0.15) is 0 Å². The van der Waals surface area contributed by atoms with Gasteiger partial charge in [-0.15, -0.1) is 0 Å². The summed E-state index contributed by atoms with van der Waals surface area (Å²) in [7, 11) is 0. The number of likely N-dealkylation sites (tertiary alicyclic amines) is 1. The zero-order valence-corrected chi connectivity index (χ0v) is 14.1. The zero-order valence-electron chi connectivity index (χ0n) is 14.1. The maximum Gasteiger partial charge on any atom is 0.0959 e. The van der Waals surface area contributed by atoms with Gasteiger partial charge >= 0.3 is 0 Å². The minimum Gasteiger partial charge on any atom is -0.472 e. The lowest BCUT2D eigenvalue weighted by Crippen LogP contribution is -2.65. The number of pyridine rings is 1. The quantitative estimate of drug-likeness (QED) is 0.844. The molecular formula is C19H24N2O3. The molecule has 2 aromatic heterocycles. The number of aryl methyl sites for hydroxylation is 1. The third kappa shape index (κ3) is 3.38. The number of hydrogen-bond donors (Lipinski definition) is 0. The van der Waals surface area contributed by atoms with Gasteiger partial charge in [-0.1, -0.05) is 0 Å². The van der Waals surface area contributed by atoms with E-state index in [1.165, 1.54) is 16.7 Å². The van der Waals surface area contributed by atoms with Gasteiger partial charge in [0.15, 0.2) is 0 Å². The third-order valence-electron chi connectivity index (χ3n) is 5.08. The van der Waals surface area contributed by atoms with E-state index in [0.717, 1.165) is 39.1 Å². The fraction of sp³-hybridized carbons (Fsp3) is 0.526. The maximum absolute atomic E-state index is 6.17. The van der Waals surface area contributed by atoms with Gasteiger partial charge in [-0.25, -0.2) is 0 Å². The molecule has 128 valence electrons. The van der Waals surface area contributed by atoms with Crippen LogP contribution in [0.5, 0.6) is 0 Å². The smallest absolute Gasteiger partial charge is 0.0959 e. The minimum absolute atomic E-state index is 0.0172. The van der Waals surface area contributed by atoms with E-state index in [0.29, 0.717) is 6.61 Å². The van der Waals surface area contributed by atoms with Crippen molar-refractivity contribution < 1.29 is 13.9 Å². The van der Waals surface area contributed by atoms with E-state index in [2.05, 4.69) is 16.8 Å². The fourth-order valence-corrected chi connectivity index (χ4v) is 3.72. The van der Waals surface area contributed by atoms with Crippen LogP contribution in [0.25, 0.3) is 0 Å². The second-order valence-corrected chi connectivity index (χ2v) is 7.04. The Morgan fingerprint density at radius 3 is 3.08 bits per heavy atom. The van der Waals surface area contributed by atoms with Crippen LogP contribution in [0.4, 0.5) is 0 Å². The Balaban J connectivity index is 1.28. The minimum atomic E-state index is -0.0172. The van der Waals surface area contributed by atoms with Crippen LogP contribution in [-0.2, 0) is 22.6 Å². The number of furan rings is 1. The van der Waals surface area contributed by atoms with Gasteiger partial charge < -0.3 is 13.9 Å². The molecule has 1 atom stereocenters. The van der Waals surface area contributed by atoms with Crippen LogP contribution >= 0.6 is 0 Å².